The number of rotatable bonds is 7. The molecule has 12 nitrogen and oxygen atoms in total. The summed E-state index contributed by atoms with van der Waals surface area (Å²) in [5, 5.41) is 16.5. The van der Waals surface area contributed by atoms with Gasteiger partial charge >= 0.3 is 11.8 Å². The summed E-state index contributed by atoms with van der Waals surface area (Å²) in [6.07, 6.45) is -0.798. The summed E-state index contributed by atoms with van der Waals surface area (Å²) in [6, 6.07) is 5.04. The molecule has 1 unspecified atom stereocenters. The Hall–Kier alpha value is -4.09. The van der Waals surface area contributed by atoms with Crippen LogP contribution in [0.1, 0.15) is 24.2 Å². The average molecular weight is 417 g/mol. The number of nitrogens with one attached hydrogen (secondary N) is 2. The van der Waals surface area contributed by atoms with Crippen LogP contribution in [0.25, 0.3) is 0 Å². The maximum absolute atomic E-state index is 12.8. The molecule has 1 aliphatic heterocycles. The number of aromatic nitrogens is 1. The molecule has 1 atom stereocenters. The van der Waals surface area contributed by atoms with E-state index in [0.717, 1.165) is 0 Å². The lowest BCUT2D eigenvalue weighted by atomic mass is 10.0. The summed E-state index contributed by atoms with van der Waals surface area (Å²) in [5.41, 5.74) is 5.42. The molecule has 0 bridgehead atoms. The Labute approximate surface area is 170 Å². The van der Waals surface area contributed by atoms with Gasteiger partial charge in [0.25, 0.3) is 0 Å². The molecule has 4 N–H and O–H groups in total. The van der Waals surface area contributed by atoms with Gasteiger partial charge in [-0.2, -0.15) is 0 Å². The Morgan fingerprint density at radius 2 is 2.07 bits per heavy atom. The van der Waals surface area contributed by atoms with E-state index in [4.69, 9.17) is 19.9 Å². The predicted molar refractivity (Wildman–Crippen MR) is 106 cm³/mol. The molecule has 0 saturated carbocycles. The lowest BCUT2D eigenvalue weighted by Crippen LogP contribution is -2.27. The highest BCUT2D eigenvalue weighted by Gasteiger charge is 2.26. The first-order valence-corrected chi connectivity index (χ1v) is 8.89. The largest absolute Gasteiger partial charge is 0.454 e. The smallest absolute Gasteiger partial charge is 0.412 e. The van der Waals surface area contributed by atoms with Crippen LogP contribution in [-0.4, -0.2) is 41.2 Å². The van der Waals surface area contributed by atoms with E-state index < -0.39 is 28.6 Å². The molecular weight excluding hydrogens is 398 g/mol. The number of fused-ring (bicyclic) bond motifs is 1. The van der Waals surface area contributed by atoms with Crippen LogP contribution in [0.15, 0.2) is 24.3 Å². The maximum Gasteiger partial charge on any atom is 0.412 e. The first-order chi connectivity index (χ1) is 14.3. The zero-order valence-electron chi connectivity index (χ0n) is 16.1. The van der Waals surface area contributed by atoms with Crippen LogP contribution in [0.2, 0.25) is 0 Å². The lowest BCUT2D eigenvalue weighted by Gasteiger charge is -2.16. The minimum atomic E-state index is -0.874. The Kier molecular flexibility index (Phi) is 5.85. The van der Waals surface area contributed by atoms with Crippen LogP contribution in [0.4, 0.5) is 27.8 Å². The number of amides is 1. The molecule has 3 rings (SSSR count). The molecule has 0 radical (unpaired) electrons. The van der Waals surface area contributed by atoms with Crippen molar-refractivity contribution in [1.29, 1.82) is 0 Å². The van der Waals surface area contributed by atoms with Crippen LogP contribution >= 0.6 is 0 Å². The topological polar surface area (TPSA) is 168 Å². The highest BCUT2D eigenvalue weighted by atomic mass is 16.7. The minimum absolute atomic E-state index is 0.0678. The summed E-state index contributed by atoms with van der Waals surface area (Å²) in [5.74, 6) is 0.117. The molecule has 12 heteroatoms. The van der Waals surface area contributed by atoms with Crippen molar-refractivity contribution < 1.29 is 28.7 Å². The van der Waals surface area contributed by atoms with Gasteiger partial charge in [0.2, 0.25) is 12.6 Å². The summed E-state index contributed by atoms with van der Waals surface area (Å²) in [4.78, 5) is 38.9. The number of nitrogens with zero attached hydrogens (tertiary/aromatic N) is 2. The second kappa shape index (κ2) is 8.51. The van der Waals surface area contributed by atoms with Gasteiger partial charge < -0.3 is 25.3 Å². The van der Waals surface area contributed by atoms with E-state index in [9.17, 15) is 19.7 Å². The fraction of sp³-hybridized carbons (Fsp3) is 0.278. The average Bonchev–Trinajstić information content (AvgIpc) is 3.14. The zero-order valence-corrected chi connectivity index (χ0v) is 16.1. The van der Waals surface area contributed by atoms with Gasteiger partial charge in [0, 0.05) is 11.6 Å². The summed E-state index contributed by atoms with van der Waals surface area (Å²) < 4.78 is 15.2. The SMILES string of the molecule is CCOC(=O)Nc1cc(NC(C)C(=O)c2ccc3c(c2)OCO3)c([N+](=O)[O-])c(N)n1. The summed E-state index contributed by atoms with van der Waals surface area (Å²) in [7, 11) is 0. The van der Waals surface area contributed by atoms with Crippen molar-refractivity contribution in [3.8, 4) is 11.5 Å². The summed E-state index contributed by atoms with van der Waals surface area (Å²) in [6.45, 7) is 3.35. The fourth-order valence-electron chi connectivity index (χ4n) is 2.79. The van der Waals surface area contributed by atoms with Crippen molar-refractivity contribution in [2.24, 2.45) is 0 Å². The highest BCUT2D eigenvalue weighted by Crippen LogP contribution is 2.34. The highest BCUT2D eigenvalue weighted by molar-refractivity contribution is 6.02. The van der Waals surface area contributed by atoms with Crippen molar-refractivity contribution >= 4 is 34.9 Å². The van der Waals surface area contributed by atoms with E-state index in [1.54, 1.807) is 19.1 Å². The molecule has 30 heavy (non-hydrogen) atoms. The molecule has 158 valence electrons. The van der Waals surface area contributed by atoms with Crippen LogP contribution in [0.3, 0.4) is 0 Å². The second-order valence-electron chi connectivity index (χ2n) is 6.19. The third-order valence-electron chi connectivity index (χ3n) is 4.13. The second-order valence-corrected chi connectivity index (χ2v) is 6.19. The zero-order chi connectivity index (χ0) is 21.8. The molecule has 0 aliphatic carbocycles. The van der Waals surface area contributed by atoms with Crippen LogP contribution < -0.4 is 25.8 Å². The number of nitro groups is 1. The third kappa shape index (κ3) is 4.32. The molecule has 1 aromatic heterocycles. The summed E-state index contributed by atoms with van der Waals surface area (Å²) >= 11 is 0. The van der Waals surface area contributed by atoms with Crippen molar-refractivity contribution in [3.05, 3.63) is 39.9 Å². The monoisotopic (exact) mass is 417 g/mol. The fourth-order valence-corrected chi connectivity index (χ4v) is 2.79. The van der Waals surface area contributed by atoms with Crippen LogP contribution in [0, 0.1) is 10.1 Å². The van der Waals surface area contributed by atoms with Gasteiger partial charge in [-0.3, -0.25) is 20.2 Å². The number of hydrogen-bond acceptors (Lipinski definition) is 10. The van der Waals surface area contributed by atoms with Gasteiger partial charge in [-0.25, -0.2) is 9.78 Å². The van der Waals surface area contributed by atoms with Crippen molar-refractivity contribution in [2.75, 3.05) is 29.8 Å². The quantitative estimate of drug-likeness (QED) is 0.346. The van der Waals surface area contributed by atoms with Crippen molar-refractivity contribution in [3.63, 3.8) is 0 Å². The Balaban J connectivity index is 1.86. The number of carbonyl (C=O) groups excluding carboxylic acids is 2. The number of carbonyl (C=O) groups is 2. The minimum Gasteiger partial charge on any atom is -0.454 e. The number of hydrogen-bond donors (Lipinski definition) is 3. The molecule has 1 amide bonds. The van der Waals surface area contributed by atoms with Gasteiger partial charge in [0.15, 0.2) is 17.3 Å². The molecule has 1 aliphatic rings. The Morgan fingerprint density at radius 3 is 2.77 bits per heavy atom. The first-order valence-electron chi connectivity index (χ1n) is 8.89. The van der Waals surface area contributed by atoms with Gasteiger partial charge in [-0.15, -0.1) is 0 Å². The van der Waals surface area contributed by atoms with E-state index >= 15 is 0 Å². The number of ketones is 1. The van der Waals surface area contributed by atoms with E-state index in [1.807, 2.05) is 0 Å². The number of nitrogens with two attached hydrogens (primary N) is 1. The molecular formula is C18H19N5O7. The van der Waals surface area contributed by atoms with Crippen LogP contribution in [-0.2, 0) is 4.74 Å². The number of Topliss-reactive ketones (excluding diaryl/α,β-unsaturated/α-hetero) is 1. The van der Waals surface area contributed by atoms with E-state index in [-0.39, 0.29) is 30.7 Å². The third-order valence-corrected chi connectivity index (χ3v) is 4.13. The van der Waals surface area contributed by atoms with E-state index in [0.29, 0.717) is 17.1 Å². The molecule has 0 saturated heterocycles. The predicted octanol–water partition coefficient (Wildman–Crippen LogP) is 2.55. The van der Waals surface area contributed by atoms with Crippen molar-refractivity contribution in [2.45, 2.75) is 19.9 Å². The molecule has 2 aromatic rings. The number of pyridine rings is 1. The molecule has 1 aromatic carbocycles. The number of nitrogen functional groups attached to an aromatic ring is 1. The van der Waals surface area contributed by atoms with Crippen LogP contribution in [0.5, 0.6) is 11.5 Å². The van der Waals surface area contributed by atoms with Gasteiger partial charge in [-0.05, 0) is 32.0 Å². The Morgan fingerprint density at radius 1 is 1.33 bits per heavy atom. The molecule has 2 heterocycles. The van der Waals surface area contributed by atoms with E-state index in [1.165, 1.54) is 19.1 Å². The first kappa shape index (κ1) is 20.6. The van der Waals surface area contributed by atoms with Gasteiger partial charge in [-0.1, -0.05) is 0 Å². The number of anilines is 3. The van der Waals surface area contributed by atoms with Gasteiger partial charge in [0.1, 0.15) is 11.5 Å². The maximum atomic E-state index is 12.8. The lowest BCUT2D eigenvalue weighted by molar-refractivity contribution is -0.383. The van der Waals surface area contributed by atoms with Crippen molar-refractivity contribution in [1.82, 2.24) is 4.98 Å². The standard InChI is InChI=1S/C18H19N5O7/c1-3-28-18(25)22-14-7-11(15(23(26)27)17(19)21-14)20-9(2)16(24)10-4-5-12-13(6-10)30-8-29-12/h4-7,9H,3,8H2,1-2H3,(H4,19,20,21,22,25). The normalized spacial score (nSPS) is 12.7. The number of benzene rings is 1. The van der Waals surface area contributed by atoms with E-state index in [2.05, 4.69) is 15.6 Å². The molecule has 0 spiro atoms. The Bertz CT molecular complexity index is 1010. The van der Waals surface area contributed by atoms with Gasteiger partial charge in [0.05, 0.1) is 17.6 Å². The number of ether oxygens (including phenoxy) is 3. The molecule has 0 fully saturated rings.